The van der Waals surface area contributed by atoms with Crippen LogP contribution in [0.2, 0.25) is 0 Å². The molecule has 0 aromatic heterocycles. The van der Waals surface area contributed by atoms with Crippen LogP contribution in [0.15, 0.2) is 0 Å². The van der Waals surface area contributed by atoms with Gasteiger partial charge < -0.3 is 25.1 Å². The average molecular weight is 104 g/mol. The zero-order chi connectivity index (χ0) is 6.28. The third-order valence-corrected chi connectivity index (χ3v) is 0. The lowest BCUT2D eigenvalue weighted by Crippen LogP contribution is -2.56. The Labute approximate surface area is 41.3 Å². The van der Waals surface area contributed by atoms with Crippen molar-refractivity contribution in [3.8, 4) is 0 Å². The molecule has 0 aliphatic heterocycles. The zero-order valence-electron chi connectivity index (χ0n) is 3.27. The van der Waals surface area contributed by atoms with E-state index in [-0.39, 0.29) is 7.69 Å². The summed E-state index contributed by atoms with van der Waals surface area (Å²) in [5.41, 5.74) is 0. The molecule has 0 aromatic carbocycles. The minimum Gasteiger partial charge on any atom is -0.907 e. The highest BCUT2D eigenvalue weighted by atomic mass is 16.5. The highest BCUT2D eigenvalue weighted by Gasteiger charge is 1.51. The van der Waals surface area contributed by atoms with Gasteiger partial charge in [-0.25, -0.2) is 0 Å². The fraction of sp³-hybridized carbons (Fsp3) is 0. The largest absolute Gasteiger partial charge is 0.907 e. The molecule has 7 heavy (non-hydrogen) atoms. The van der Waals surface area contributed by atoms with Crippen LogP contribution < -0.4 is 15.1 Å². The first-order valence-corrected chi connectivity index (χ1v) is 1.22. The van der Waals surface area contributed by atoms with E-state index in [2.05, 4.69) is 0 Å². The zero-order valence-corrected chi connectivity index (χ0v) is 3.27. The number of hydrogen-bond donors (Lipinski definition) is 2. The van der Waals surface area contributed by atoms with Crippen molar-refractivity contribution in [1.29, 1.82) is 0 Å². The molecule has 0 aliphatic rings. The lowest BCUT2D eigenvalue weighted by Gasteiger charge is -2.35. The molecule has 0 atom stereocenters. The molecule has 7 heteroatoms. The summed E-state index contributed by atoms with van der Waals surface area (Å²) >= 11 is 0. The summed E-state index contributed by atoms with van der Waals surface area (Å²) in [6.45, 7) is 0. The van der Waals surface area contributed by atoms with Crippen molar-refractivity contribution in [2.45, 2.75) is 0 Å². The van der Waals surface area contributed by atoms with Crippen LogP contribution in [-0.4, -0.2) is 25.1 Å². The summed E-state index contributed by atoms with van der Waals surface area (Å²) in [5, 5.41) is 39.2. The Bertz CT molecular complexity index is 17.3. The average Bonchev–Trinajstić information content (AvgIpc) is 1.33. The fourth-order valence-corrected chi connectivity index (χ4v) is 0. The van der Waals surface area contributed by atoms with E-state index in [4.69, 9.17) is 25.1 Å². The molecule has 0 bridgehead atoms. The quantitative estimate of drug-likeness (QED) is 0.298. The van der Waals surface area contributed by atoms with Crippen molar-refractivity contribution < 1.29 is 25.1 Å². The van der Waals surface area contributed by atoms with Gasteiger partial charge in [-0.1, -0.05) is 0 Å². The summed E-state index contributed by atoms with van der Waals surface area (Å²) < 4.78 is 0. The van der Waals surface area contributed by atoms with E-state index >= 15 is 0 Å². The lowest BCUT2D eigenvalue weighted by atomic mass is 10.3. The molecule has 0 rings (SSSR count). The molecule has 0 aromatic rings. The van der Waals surface area contributed by atoms with Crippen molar-refractivity contribution in [2.24, 2.45) is 0 Å². The number of hydrogen-bond acceptors (Lipinski definition) is 5. The first-order valence-electron chi connectivity index (χ1n) is 1.22. The van der Waals surface area contributed by atoms with Crippen molar-refractivity contribution in [3.05, 3.63) is 0 Å². The predicted molar refractivity (Wildman–Crippen MR) is 15.9 cm³/mol. The van der Waals surface area contributed by atoms with Gasteiger partial charge in [0.2, 0.25) is 0 Å². The van der Waals surface area contributed by atoms with E-state index in [1.165, 1.54) is 0 Å². The van der Waals surface area contributed by atoms with Crippen molar-refractivity contribution >= 4 is 15.0 Å². The Kier molecular flexibility index (Phi) is 13.4. The maximum Gasteiger partial charge on any atom is 0.482 e. The van der Waals surface area contributed by atoms with Crippen LogP contribution in [0.5, 0.6) is 0 Å². The lowest BCUT2D eigenvalue weighted by molar-refractivity contribution is -0.479. The second kappa shape index (κ2) is 9.33. The van der Waals surface area contributed by atoms with Crippen LogP contribution in [0, 0.1) is 0 Å². The normalized spacial score (nSPS) is 5.86. The van der Waals surface area contributed by atoms with Gasteiger partial charge in [0.25, 0.3) is 0 Å². The van der Waals surface area contributed by atoms with Gasteiger partial charge in [0, 0.05) is 0 Å². The topological polar surface area (TPSA) is 110 Å². The van der Waals surface area contributed by atoms with Gasteiger partial charge in [-0.2, -0.15) is 0 Å². The van der Waals surface area contributed by atoms with E-state index < -0.39 is 7.32 Å². The Balaban J connectivity index is 0. The molecule has 41 valence electrons. The molecule has 0 amide bonds. The first kappa shape index (κ1) is 10.0. The SMILES string of the molecule is O[B]O.[O-]B([O-])[O-]. The van der Waals surface area contributed by atoms with E-state index in [1.54, 1.807) is 0 Å². The Morgan fingerprint density at radius 1 is 1.14 bits per heavy atom. The molecule has 0 saturated carbocycles. The van der Waals surface area contributed by atoms with Crippen LogP contribution in [0.3, 0.4) is 0 Å². The van der Waals surface area contributed by atoms with E-state index in [1.807, 2.05) is 0 Å². The Morgan fingerprint density at radius 2 is 1.14 bits per heavy atom. The maximum absolute atomic E-state index is 8.42. The summed E-state index contributed by atoms with van der Waals surface area (Å²) in [5.74, 6) is 0. The fourth-order valence-electron chi connectivity index (χ4n) is 0. The Morgan fingerprint density at radius 3 is 1.14 bits per heavy atom. The highest BCUT2D eigenvalue weighted by Crippen LogP contribution is 1.08. The second-order valence-corrected chi connectivity index (χ2v) is 0.404. The molecule has 0 unspecified atom stereocenters. The van der Waals surface area contributed by atoms with Crippen molar-refractivity contribution in [1.82, 2.24) is 0 Å². The molecule has 0 saturated heterocycles. The van der Waals surface area contributed by atoms with Gasteiger partial charge in [-0.05, 0) is 0 Å². The minimum atomic E-state index is -2.92. The Hall–Kier alpha value is -0.0701. The van der Waals surface area contributed by atoms with E-state index in [9.17, 15) is 0 Å². The summed E-state index contributed by atoms with van der Waals surface area (Å²) in [6.07, 6.45) is 0. The van der Waals surface area contributed by atoms with E-state index in [0.717, 1.165) is 0 Å². The highest BCUT2D eigenvalue weighted by molar-refractivity contribution is 6.24. The monoisotopic (exact) mass is 104 g/mol. The van der Waals surface area contributed by atoms with Crippen molar-refractivity contribution in [2.75, 3.05) is 0 Å². The van der Waals surface area contributed by atoms with E-state index in [0.29, 0.717) is 0 Å². The van der Waals surface area contributed by atoms with Crippen LogP contribution in [0.25, 0.3) is 0 Å². The molecule has 0 fully saturated rings. The smallest absolute Gasteiger partial charge is 0.482 e. The maximum atomic E-state index is 8.42. The number of rotatable bonds is 0. The molecule has 5 nitrogen and oxygen atoms in total. The van der Waals surface area contributed by atoms with Gasteiger partial charge in [-0.15, -0.1) is 0 Å². The first-order chi connectivity index (χ1) is 3.15. The van der Waals surface area contributed by atoms with Gasteiger partial charge in [0.05, 0.1) is 0 Å². The molecule has 0 spiro atoms. The third-order valence-electron chi connectivity index (χ3n) is 0. The summed E-state index contributed by atoms with van der Waals surface area (Å²) in [7, 11) is -2.92. The summed E-state index contributed by atoms with van der Waals surface area (Å²) in [6, 6.07) is 0. The minimum absolute atomic E-state index is 0. The van der Waals surface area contributed by atoms with Crippen LogP contribution >= 0.6 is 0 Å². The molecule has 1 radical (unpaired) electrons. The predicted octanol–water partition coefficient (Wildman–Crippen LogP) is -5.44. The van der Waals surface area contributed by atoms with Gasteiger partial charge in [-0.3, -0.25) is 7.32 Å². The third kappa shape index (κ3) is 18600. The van der Waals surface area contributed by atoms with Gasteiger partial charge in [0.1, 0.15) is 0 Å². The standard InChI is InChI=1S/BO3.BH2O2/c2-1(3)4;2-1-3/h;2-3H/q-3;. The molecule has 0 heterocycles. The van der Waals surface area contributed by atoms with Crippen LogP contribution in [0.4, 0.5) is 0 Å². The summed E-state index contributed by atoms with van der Waals surface area (Å²) in [4.78, 5) is 0. The van der Waals surface area contributed by atoms with Crippen LogP contribution in [-0.2, 0) is 0 Å². The van der Waals surface area contributed by atoms with Crippen molar-refractivity contribution in [3.63, 3.8) is 0 Å². The molecule has 0 aliphatic carbocycles. The van der Waals surface area contributed by atoms with Crippen LogP contribution in [0.1, 0.15) is 0 Å². The van der Waals surface area contributed by atoms with Gasteiger partial charge >= 0.3 is 7.69 Å². The second-order valence-electron chi connectivity index (χ2n) is 0.404. The molecule has 2 N–H and O–H groups in total. The molecular formula is H2B2O5-3. The van der Waals surface area contributed by atoms with Gasteiger partial charge in [0.15, 0.2) is 0 Å². The molecular weight excluding hydrogens is 102 g/mol.